The zero-order valence-corrected chi connectivity index (χ0v) is 22.2. The third-order valence-electron chi connectivity index (χ3n) is 9.44. The quantitative estimate of drug-likeness (QED) is 0.421. The lowest BCUT2D eigenvalue weighted by Gasteiger charge is -2.64. The standard InChI is InChI=1S/C26H32BrFO7/c1-13(29)33-12-20(32)26-21(34-22(2,3)35-26)10-15-16-9-18(28)17-8-14(30)6-7-23(17,4)25(16,27)19(31)11-24(15,26)5/h6-8,15-16,18-19,21,31H,9-12H2,1-5H3/t15-,16-,18-,19-,21+,23-,24-,25-,26+/m0/s1. The number of rotatable bonds is 3. The van der Waals surface area contributed by atoms with Crippen LogP contribution in [0.1, 0.15) is 53.9 Å². The number of alkyl halides is 2. The van der Waals surface area contributed by atoms with Crippen molar-refractivity contribution < 1.29 is 38.1 Å². The van der Waals surface area contributed by atoms with Gasteiger partial charge in [0, 0.05) is 17.8 Å². The van der Waals surface area contributed by atoms with E-state index in [-0.39, 0.29) is 30.5 Å². The molecule has 5 aliphatic rings. The zero-order valence-electron chi connectivity index (χ0n) is 20.6. The van der Waals surface area contributed by atoms with Crippen LogP contribution in [0.3, 0.4) is 0 Å². The summed E-state index contributed by atoms with van der Waals surface area (Å²) in [6, 6.07) is 0. The molecule has 192 valence electrons. The van der Waals surface area contributed by atoms with Gasteiger partial charge in [0.25, 0.3) is 0 Å². The minimum Gasteiger partial charge on any atom is -0.458 e. The molecular formula is C26H32BrFO7. The van der Waals surface area contributed by atoms with Gasteiger partial charge in [-0.25, -0.2) is 4.39 Å². The maximum absolute atomic E-state index is 15.7. The van der Waals surface area contributed by atoms with Crippen LogP contribution in [0.2, 0.25) is 0 Å². The highest BCUT2D eigenvalue weighted by atomic mass is 79.9. The second-order valence-corrected chi connectivity index (χ2v) is 13.0. The monoisotopic (exact) mass is 554 g/mol. The number of aliphatic hydroxyl groups is 1. The molecule has 9 atom stereocenters. The molecule has 4 fully saturated rings. The van der Waals surface area contributed by atoms with E-state index in [0.717, 1.165) is 0 Å². The van der Waals surface area contributed by atoms with Crippen molar-refractivity contribution in [1.82, 2.24) is 0 Å². The number of ether oxygens (including phenoxy) is 3. The van der Waals surface area contributed by atoms with Gasteiger partial charge in [-0.15, -0.1) is 0 Å². The van der Waals surface area contributed by atoms with Crippen LogP contribution in [0, 0.1) is 22.7 Å². The fourth-order valence-corrected chi connectivity index (χ4v) is 9.11. The summed E-state index contributed by atoms with van der Waals surface area (Å²) in [5.74, 6) is -2.93. The Morgan fingerprint density at radius 2 is 1.91 bits per heavy atom. The number of hydrogen-bond donors (Lipinski definition) is 1. The molecule has 0 aromatic carbocycles. The molecule has 1 saturated heterocycles. The normalized spacial score (nSPS) is 49.4. The van der Waals surface area contributed by atoms with Crippen LogP contribution in [-0.2, 0) is 28.6 Å². The number of halogens is 2. The highest BCUT2D eigenvalue weighted by molar-refractivity contribution is 9.10. The highest BCUT2D eigenvalue weighted by Crippen LogP contribution is 2.73. The number of allylic oxidation sites excluding steroid dienone is 4. The average molecular weight is 555 g/mol. The molecule has 0 spiro atoms. The van der Waals surface area contributed by atoms with Crippen molar-refractivity contribution in [2.45, 2.75) is 88.0 Å². The predicted molar refractivity (Wildman–Crippen MR) is 126 cm³/mol. The van der Waals surface area contributed by atoms with E-state index in [2.05, 4.69) is 15.9 Å². The van der Waals surface area contributed by atoms with Crippen molar-refractivity contribution in [3.63, 3.8) is 0 Å². The van der Waals surface area contributed by atoms with Crippen molar-refractivity contribution in [2.24, 2.45) is 22.7 Å². The first-order chi connectivity index (χ1) is 16.1. The Morgan fingerprint density at radius 3 is 2.57 bits per heavy atom. The van der Waals surface area contributed by atoms with E-state index in [1.54, 1.807) is 19.9 Å². The van der Waals surface area contributed by atoms with Crippen LogP contribution in [-0.4, -0.2) is 63.3 Å². The fourth-order valence-electron chi connectivity index (χ4n) is 8.08. The van der Waals surface area contributed by atoms with Crippen LogP contribution in [0.15, 0.2) is 23.8 Å². The molecule has 7 nitrogen and oxygen atoms in total. The number of fused-ring (bicyclic) bond motifs is 7. The summed E-state index contributed by atoms with van der Waals surface area (Å²) in [6.07, 6.45) is 2.21. The van der Waals surface area contributed by atoms with E-state index in [4.69, 9.17) is 14.2 Å². The smallest absolute Gasteiger partial charge is 0.303 e. The zero-order chi connectivity index (χ0) is 25.8. The summed E-state index contributed by atoms with van der Waals surface area (Å²) in [7, 11) is 0. The fraction of sp³-hybridized carbons (Fsp3) is 0.731. The lowest BCUT2D eigenvalue weighted by molar-refractivity contribution is -0.223. The number of carbonyl (C=O) groups is 3. The van der Waals surface area contributed by atoms with Gasteiger partial charge in [-0.2, -0.15) is 0 Å². The van der Waals surface area contributed by atoms with Gasteiger partial charge >= 0.3 is 5.97 Å². The molecule has 9 heteroatoms. The Bertz CT molecular complexity index is 1070. The first-order valence-corrected chi connectivity index (χ1v) is 12.9. The topological polar surface area (TPSA) is 99.1 Å². The second-order valence-electron chi connectivity index (χ2n) is 11.6. The van der Waals surface area contributed by atoms with E-state index in [0.29, 0.717) is 12.0 Å². The first-order valence-electron chi connectivity index (χ1n) is 12.1. The van der Waals surface area contributed by atoms with Gasteiger partial charge in [-0.3, -0.25) is 14.4 Å². The van der Waals surface area contributed by atoms with Crippen molar-refractivity contribution >= 4 is 33.5 Å². The summed E-state index contributed by atoms with van der Waals surface area (Å²) in [4.78, 5) is 37.3. The molecule has 1 heterocycles. The summed E-state index contributed by atoms with van der Waals surface area (Å²) in [6.45, 7) is 8.00. The second kappa shape index (κ2) is 7.55. The lowest BCUT2D eigenvalue weighted by atomic mass is 9.45. The van der Waals surface area contributed by atoms with Crippen LogP contribution >= 0.6 is 15.9 Å². The van der Waals surface area contributed by atoms with Gasteiger partial charge in [0.15, 0.2) is 23.8 Å². The third-order valence-corrected chi connectivity index (χ3v) is 11.4. The molecule has 1 aliphatic heterocycles. The third kappa shape index (κ3) is 3.07. The maximum atomic E-state index is 15.7. The van der Waals surface area contributed by atoms with E-state index in [1.807, 2.05) is 13.8 Å². The number of hydrogen-bond acceptors (Lipinski definition) is 7. The Balaban J connectivity index is 1.62. The molecule has 0 unspecified atom stereocenters. The summed E-state index contributed by atoms with van der Waals surface area (Å²) in [5, 5.41) is 11.8. The van der Waals surface area contributed by atoms with Gasteiger partial charge in [0.1, 0.15) is 6.17 Å². The predicted octanol–water partition coefficient (Wildman–Crippen LogP) is 3.36. The Labute approximate surface area is 212 Å². The average Bonchev–Trinajstić information content (AvgIpc) is 3.16. The number of esters is 1. The van der Waals surface area contributed by atoms with E-state index >= 15 is 4.39 Å². The molecule has 0 amide bonds. The molecule has 4 aliphatic carbocycles. The summed E-state index contributed by atoms with van der Waals surface area (Å²) in [5.41, 5.74) is -2.92. The Kier molecular flexibility index (Phi) is 5.45. The van der Waals surface area contributed by atoms with Crippen molar-refractivity contribution in [2.75, 3.05) is 6.61 Å². The molecule has 0 aromatic heterocycles. The largest absolute Gasteiger partial charge is 0.458 e. The van der Waals surface area contributed by atoms with Gasteiger partial charge in [0.05, 0.1) is 16.5 Å². The Morgan fingerprint density at radius 1 is 1.23 bits per heavy atom. The van der Waals surface area contributed by atoms with Crippen molar-refractivity contribution in [3.8, 4) is 0 Å². The Hall–Kier alpha value is -1.42. The van der Waals surface area contributed by atoms with Gasteiger partial charge in [-0.1, -0.05) is 35.9 Å². The minimum absolute atomic E-state index is 0.0927. The molecule has 0 aromatic rings. The van der Waals surface area contributed by atoms with Gasteiger partial charge < -0.3 is 19.3 Å². The number of carbonyl (C=O) groups excluding carboxylic acids is 3. The molecular weight excluding hydrogens is 523 g/mol. The van der Waals surface area contributed by atoms with Crippen molar-refractivity contribution in [1.29, 1.82) is 0 Å². The van der Waals surface area contributed by atoms with E-state index < -0.39 is 63.3 Å². The maximum Gasteiger partial charge on any atom is 0.303 e. The first kappa shape index (κ1) is 25.2. The van der Waals surface area contributed by atoms with Gasteiger partial charge in [0.2, 0.25) is 5.78 Å². The van der Waals surface area contributed by atoms with E-state index in [1.165, 1.54) is 19.1 Å². The SMILES string of the molecule is CC(=O)OCC(=O)[C@@]12OC(C)(C)O[C@@H]1C[C@H]1[C@@H]3C[C@H](F)C4=CC(=O)C=C[C@]4(C)[C@@]3(Br)[C@@H](O)C[C@@]12C. The lowest BCUT2D eigenvalue weighted by Crippen LogP contribution is -2.70. The molecule has 0 bridgehead atoms. The molecule has 35 heavy (non-hydrogen) atoms. The van der Waals surface area contributed by atoms with Gasteiger partial charge in [-0.05, 0) is 62.7 Å². The summed E-state index contributed by atoms with van der Waals surface area (Å²) < 4.78 is 32.5. The minimum atomic E-state index is -1.45. The van der Waals surface area contributed by atoms with Crippen LogP contribution < -0.4 is 0 Å². The molecule has 1 N–H and O–H groups in total. The highest BCUT2D eigenvalue weighted by Gasteiger charge is 2.79. The van der Waals surface area contributed by atoms with Crippen molar-refractivity contribution in [3.05, 3.63) is 23.8 Å². The molecule has 0 radical (unpaired) electrons. The van der Waals surface area contributed by atoms with E-state index in [9.17, 15) is 19.5 Å². The number of ketones is 2. The molecule has 5 rings (SSSR count). The molecule has 3 saturated carbocycles. The van der Waals surface area contributed by atoms with Crippen LogP contribution in [0.25, 0.3) is 0 Å². The van der Waals surface area contributed by atoms with Crippen LogP contribution in [0.4, 0.5) is 4.39 Å². The number of aliphatic hydroxyl groups excluding tert-OH is 1. The summed E-state index contributed by atoms with van der Waals surface area (Å²) >= 11 is 3.89. The number of Topliss-reactive ketones (excluding diaryl/α,β-unsaturated/α-hetero) is 1. The van der Waals surface area contributed by atoms with Crippen LogP contribution in [0.5, 0.6) is 0 Å².